The van der Waals surface area contributed by atoms with E-state index in [1.807, 2.05) is 24.3 Å². The van der Waals surface area contributed by atoms with Gasteiger partial charge in [0.25, 0.3) is 0 Å². The number of rotatable bonds is 6. The first-order chi connectivity index (χ1) is 6.43. The molecule has 0 aliphatic heterocycles. The summed E-state index contributed by atoms with van der Waals surface area (Å²) in [5.74, 6) is 0. The lowest BCUT2D eigenvalue weighted by molar-refractivity contribution is 0.116. The van der Waals surface area contributed by atoms with Gasteiger partial charge in [-0.25, -0.2) is 0 Å². The molecule has 13 heavy (non-hydrogen) atoms. The molecule has 0 amide bonds. The van der Waals surface area contributed by atoms with Gasteiger partial charge in [-0.1, -0.05) is 12.1 Å². The average molecular weight is 177 g/mol. The van der Waals surface area contributed by atoms with Gasteiger partial charge in [0.2, 0.25) is 0 Å². The van der Waals surface area contributed by atoms with Crippen molar-refractivity contribution in [3.63, 3.8) is 0 Å². The minimum Gasteiger partial charge on any atom is -0.375 e. The second kappa shape index (κ2) is 6.38. The van der Waals surface area contributed by atoms with E-state index in [2.05, 4.69) is 11.6 Å². The molecule has 0 saturated carbocycles. The van der Waals surface area contributed by atoms with Crippen molar-refractivity contribution in [3.05, 3.63) is 42.7 Å². The molecule has 0 fully saturated rings. The van der Waals surface area contributed by atoms with Crippen molar-refractivity contribution < 1.29 is 4.74 Å². The maximum atomic E-state index is 5.41. The van der Waals surface area contributed by atoms with Crippen molar-refractivity contribution in [2.75, 3.05) is 6.61 Å². The highest BCUT2D eigenvalue weighted by Crippen LogP contribution is 1.97. The first kappa shape index (κ1) is 9.93. The van der Waals surface area contributed by atoms with Crippen LogP contribution in [0.4, 0.5) is 0 Å². The van der Waals surface area contributed by atoms with Crippen molar-refractivity contribution in [2.24, 2.45) is 0 Å². The van der Waals surface area contributed by atoms with E-state index >= 15 is 0 Å². The molecule has 0 aliphatic carbocycles. The van der Waals surface area contributed by atoms with Gasteiger partial charge in [0.15, 0.2) is 0 Å². The summed E-state index contributed by atoms with van der Waals surface area (Å²) in [6.45, 7) is 5.04. The molecule has 0 saturated heterocycles. The second-order valence-corrected chi connectivity index (χ2v) is 2.80. The number of pyridine rings is 1. The van der Waals surface area contributed by atoms with Crippen molar-refractivity contribution in [2.45, 2.75) is 19.4 Å². The van der Waals surface area contributed by atoms with E-state index in [-0.39, 0.29) is 0 Å². The van der Waals surface area contributed by atoms with Crippen molar-refractivity contribution >= 4 is 0 Å². The Hall–Kier alpha value is -1.15. The Morgan fingerprint density at radius 2 is 2.38 bits per heavy atom. The monoisotopic (exact) mass is 177 g/mol. The molecule has 2 heteroatoms. The van der Waals surface area contributed by atoms with Gasteiger partial charge in [-0.05, 0) is 25.0 Å². The highest BCUT2D eigenvalue weighted by Gasteiger charge is 1.91. The molecule has 1 aromatic heterocycles. The summed E-state index contributed by atoms with van der Waals surface area (Å²) in [6, 6.07) is 5.84. The van der Waals surface area contributed by atoms with Crippen LogP contribution in [0, 0.1) is 0 Å². The number of allylic oxidation sites excluding steroid dienone is 1. The summed E-state index contributed by atoms with van der Waals surface area (Å²) in [7, 11) is 0. The third-order valence-corrected chi connectivity index (χ3v) is 1.67. The number of nitrogens with zero attached hydrogens (tertiary/aromatic N) is 1. The van der Waals surface area contributed by atoms with Crippen LogP contribution in [0.3, 0.4) is 0 Å². The lowest BCUT2D eigenvalue weighted by atomic mass is 10.3. The molecule has 0 aliphatic rings. The van der Waals surface area contributed by atoms with Crippen molar-refractivity contribution in [3.8, 4) is 0 Å². The number of ether oxygens (including phenoxy) is 1. The summed E-state index contributed by atoms with van der Waals surface area (Å²) in [5, 5.41) is 0. The highest BCUT2D eigenvalue weighted by atomic mass is 16.5. The maximum Gasteiger partial charge on any atom is 0.0887 e. The highest BCUT2D eigenvalue weighted by molar-refractivity contribution is 5.01. The van der Waals surface area contributed by atoms with Crippen LogP contribution in [0.2, 0.25) is 0 Å². The first-order valence-corrected chi connectivity index (χ1v) is 4.52. The Morgan fingerprint density at radius 3 is 3.08 bits per heavy atom. The van der Waals surface area contributed by atoms with Gasteiger partial charge in [-0.15, -0.1) is 6.58 Å². The topological polar surface area (TPSA) is 22.1 Å². The predicted octanol–water partition coefficient (Wildman–Crippen LogP) is 2.56. The number of hydrogen-bond donors (Lipinski definition) is 0. The zero-order valence-electron chi connectivity index (χ0n) is 7.78. The normalized spacial score (nSPS) is 9.85. The fourth-order valence-electron chi connectivity index (χ4n) is 0.990. The number of aromatic nitrogens is 1. The summed E-state index contributed by atoms with van der Waals surface area (Å²) in [4.78, 5) is 4.15. The molecule has 0 spiro atoms. The van der Waals surface area contributed by atoms with Crippen LogP contribution in [0.1, 0.15) is 18.5 Å². The van der Waals surface area contributed by atoms with Crippen LogP contribution in [0.5, 0.6) is 0 Å². The third kappa shape index (κ3) is 4.43. The van der Waals surface area contributed by atoms with Crippen LogP contribution < -0.4 is 0 Å². The number of hydrogen-bond acceptors (Lipinski definition) is 2. The van der Waals surface area contributed by atoms with E-state index in [9.17, 15) is 0 Å². The number of unbranched alkanes of at least 4 members (excludes halogenated alkanes) is 1. The molecule has 1 heterocycles. The Bertz CT molecular complexity index is 233. The second-order valence-electron chi connectivity index (χ2n) is 2.80. The van der Waals surface area contributed by atoms with Crippen molar-refractivity contribution in [1.82, 2.24) is 4.98 Å². The smallest absolute Gasteiger partial charge is 0.0887 e. The maximum absolute atomic E-state index is 5.41. The molecule has 0 bridgehead atoms. The van der Waals surface area contributed by atoms with Gasteiger partial charge < -0.3 is 4.74 Å². The first-order valence-electron chi connectivity index (χ1n) is 4.52. The molecule has 0 unspecified atom stereocenters. The molecule has 0 radical (unpaired) electrons. The Labute approximate surface area is 79.3 Å². The van der Waals surface area contributed by atoms with Crippen molar-refractivity contribution in [1.29, 1.82) is 0 Å². The molecule has 0 atom stereocenters. The zero-order chi connectivity index (χ0) is 9.36. The van der Waals surface area contributed by atoms with Crippen LogP contribution in [0.15, 0.2) is 37.1 Å². The van der Waals surface area contributed by atoms with E-state index in [4.69, 9.17) is 4.74 Å². The van der Waals surface area contributed by atoms with E-state index in [0.717, 1.165) is 25.1 Å². The van der Waals surface area contributed by atoms with Crippen LogP contribution >= 0.6 is 0 Å². The largest absolute Gasteiger partial charge is 0.375 e. The van der Waals surface area contributed by atoms with Gasteiger partial charge in [0, 0.05) is 12.8 Å². The fourth-order valence-corrected chi connectivity index (χ4v) is 0.990. The summed E-state index contributed by atoms with van der Waals surface area (Å²) in [5.41, 5.74) is 0.987. The Balaban J connectivity index is 2.10. The summed E-state index contributed by atoms with van der Waals surface area (Å²) < 4.78 is 5.41. The lowest BCUT2D eigenvalue weighted by Crippen LogP contribution is -1.96. The molecule has 0 aromatic carbocycles. The fraction of sp³-hybridized carbons (Fsp3) is 0.364. The standard InChI is InChI=1S/C11H15NO/c1-2-3-6-9-13-10-11-7-4-5-8-12-11/h2,4-5,7-8H,1,3,6,9-10H2. The zero-order valence-corrected chi connectivity index (χ0v) is 7.78. The van der Waals surface area contributed by atoms with E-state index < -0.39 is 0 Å². The predicted molar refractivity (Wildman–Crippen MR) is 53.3 cm³/mol. The molecular weight excluding hydrogens is 162 g/mol. The Morgan fingerprint density at radius 1 is 1.46 bits per heavy atom. The molecule has 70 valence electrons. The lowest BCUT2D eigenvalue weighted by Gasteiger charge is -2.01. The van der Waals surface area contributed by atoms with Crippen LogP contribution in [0.25, 0.3) is 0 Å². The van der Waals surface area contributed by atoms with Gasteiger partial charge in [-0.2, -0.15) is 0 Å². The molecule has 2 nitrogen and oxygen atoms in total. The summed E-state index contributed by atoms with van der Waals surface area (Å²) in [6.07, 6.45) is 5.74. The quantitative estimate of drug-likeness (QED) is 0.492. The molecule has 1 rings (SSSR count). The molecule has 0 N–H and O–H groups in total. The van der Waals surface area contributed by atoms with Gasteiger partial charge in [0.1, 0.15) is 0 Å². The van der Waals surface area contributed by atoms with E-state index in [0.29, 0.717) is 6.61 Å². The van der Waals surface area contributed by atoms with Gasteiger partial charge >= 0.3 is 0 Å². The molecule has 1 aromatic rings. The minimum atomic E-state index is 0.609. The Kier molecular flexibility index (Phi) is 4.87. The minimum absolute atomic E-state index is 0.609. The van der Waals surface area contributed by atoms with Crippen LogP contribution in [-0.2, 0) is 11.3 Å². The van der Waals surface area contributed by atoms with Crippen LogP contribution in [-0.4, -0.2) is 11.6 Å². The van der Waals surface area contributed by atoms with E-state index in [1.165, 1.54) is 0 Å². The third-order valence-electron chi connectivity index (χ3n) is 1.67. The van der Waals surface area contributed by atoms with Gasteiger partial charge in [0.05, 0.1) is 12.3 Å². The summed E-state index contributed by atoms with van der Waals surface area (Å²) >= 11 is 0. The van der Waals surface area contributed by atoms with Gasteiger partial charge in [-0.3, -0.25) is 4.98 Å². The average Bonchev–Trinajstić information content (AvgIpc) is 2.19. The molecular formula is C11H15NO. The SMILES string of the molecule is C=CCCCOCc1ccccn1. The van der Waals surface area contributed by atoms with E-state index in [1.54, 1.807) is 6.20 Å².